The maximum atomic E-state index is 12.9. The molecular weight excluding hydrogens is 378 g/mol. The molecule has 0 spiro atoms. The van der Waals surface area contributed by atoms with Crippen molar-refractivity contribution in [3.63, 3.8) is 0 Å². The number of aromatic nitrogens is 2. The maximum absolute atomic E-state index is 12.9. The smallest absolute Gasteiger partial charge is 0.437 e. The number of amides is 1. The molecule has 150 valence electrons. The first kappa shape index (κ1) is 17.6. The van der Waals surface area contributed by atoms with Crippen LogP contribution in [0.5, 0.6) is 11.5 Å². The van der Waals surface area contributed by atoms with E-state index in [2.05, 4.69) is 5.10 Å². The van der Waals surface area contributed by atoms with Crippen molar-refractivity contribution in [3.8, 4) is 23.1 Å². The molecule has 1 fully saturated rings. The van der Waals surface area contributed by atoms with E-state index in [1.165, 1.54) is 6.26 Å². The molecule has 5 rings (SSSR count). The number of fused-ring (bicyclic) bond motifs is 1. The Morgan fingerprint density at radius 1 is 1.17 bits per heavy atom. The molecule has 3 aromatic rings. The van der Waals surface area contributed by atoms with Crippen LogP contribution < -0.4 is 15.2 Å². The van der Waals surface area contributed by atoms with Gasteiger partial charge in [0.25, 0.3) is 5.89 Å². The van der Waals surface area contributed by atoms with E-state index in [-0.39, 0.29) is 24.4 Å². The summed E-state index contributed by atoms with van der Waals surface area (Å²) >= 11 is 0. The van der Waals surface area contributed by atoms with Gasteiger partial charge in [-0.2, -0.15) is 4.68 Å². The summed E-state index contributed by atoms with van der Waals surface area (Å²) in [5.41, 5.74) is 0.990. The van der Waals surface area contributed by atoms with E-state index in [1.807, 2.05) is 18.2 Å². The molecule has 9 heteroatoms. The summed E-state index contributed by atoms with van der Waals surface area (Å²) in [5, 5.41) is 4.08. The van der Waals surface area contributed by atoms with E-state index >= 15 is 0 Å². The van der Waals surface area contributed by atoms with Crippen LogP contribution in [0.15, 0.2) is 50.2 Å². The molecule has 4 heterocycles. The van der Waals surface area contributed by atoms with Gasteiger partial charge in [0.05, 0.1) is 12.3 Å². The molecule has 0 N–H and O–H groups in total. The van der Waals surface area contributed by atoms with Crippen molar-refractivity contribution < 1.29 is 23.1 Å². The highest BCUT2D eigenvalue weighted by Crippen LogP contribution is 2.38. The summed E-state index contributed by atoms with van der Waals surface area (Å²) in [7, 11) is 0. The van der Waals surface area contributed by atoms with Gasteiger partial charge in [0.15, 0.2) is 17.3 Å². The standard InChI is InChI=1S/C20H19N3O6/c24-18(12-23-20(25)29-19(21-23)16-4-2-8-26-16)22-7-1-3-14(22)13-5-6-15-17(11-13)28-10-9-27-15/h2,4-6,8,11,14H,1,3,7,9-10,12H2. The SMILES string of the molecule is O=C(Cn1nc(-c2ccco2)oc1=O)N1CCCC1c1ccc2c(c1)OCCO2. The Bertz CT molecular complexity index is 1080. The normalized spacial score (nSPS) is 18.2. The van der Waals surface area contributed by atoms with Gasteiger partial charge in [0.1, 0.15) is 19.8 Å². The lowest BCUT2D eigenvalue weighted by Gasteiger charge is -2.26. The first-order valence-electron chi connectivity index (χ1n) is 9.50. The lowest BCUT2D eigenvalue weighted by molar-refractivity contribution is -0.133. The number of hydrogen-bond acceptors (Lipinski definition) is 7. The summed E-state index contributed by atoms with van der Waals surface area (Å²) in [5.74, 6) is 0.921. The van der Waals surface area contributed by atoms with Crippen molar-refractivity contribution in [3.05, 3.63) is 52.7 Å². The highest BCUT2D eigenvalue weighted by atomic mass is 16.6. The van der Waals surface area contributed by atoms with Crippen LogP contribution in [0.1, 0.15) is 24.4 Å². The largest absolute Gasteiger partial charge is 0.486 e. The fraction of sp³-hybridized carbons (Fsp3) is 0.350. The topological polar surface area (TPSA) is 99.9 Å². The zero-order chi connectivity index (χ0) is 19.8. The number of furan rings is 1. The molecule has 2 aliphatic rings. The zero-order valence-corrected chi connectivity index (χ0v) is 15.6. The van der Waals surface area contributed by atoms with E-state index in [9.17, 15) is 9.59 Å². The predicted molar refractivity (Wildman–Crippen MR) is 99.6 cm³/mol. The Morgan fingerprint density at radius 3 is 2.86 bits per heavy atom. The summed E-state index contributed by atoms with van der Waals surface area (Å²) in [6.07, 6.45) is 3.19. The molecule has 1 saturated heterocycles. The minimum Gasteiger partial charge on any atom is -0.486 e. The predicted octanol–water partition coefficient (Wildman–Crippen LogP) is 2.23. The van der Waals surface area contributed by atoms with Crippen LogP contribution in [0.3, 0.4) is 0 Å². The molecule has 0 bridgehead atoms. The lowest BCUT2D eigenvalue weighted by atomic mass is 10.0. The molecule has 1 amide bonds. The molecule has 0 saturated carbocycles. The lowest BCUT2D eigenvalue weighted by Crippen LogP contribution is -2.35. The molecule has 29 heavy (non-hydrogen) atoms. The van der Waals surface area contributed by atoms with Crippen LogP contribution >= 0.6 is 0 Å². The van der Waals surface area contributed by atoms with E-state index < -0.39 is 5.76 Å². The van der Waals surface area contributed by atoms with E-state index in [0.29, 0.717) is 31.3 Å². The van der Waals surface area contributed by atoms with Gasteiger partial charge in [0, 0.05) is 6.54 Å². The Labute approximate surface area is 165 Å². The summed E-state index contributed by atoms with van der Waals surface area (Å²) in [6.45, 7) is 1.48. The van der Waals surface area contributed by atoms with Gasteiger partial charge in [-0.3, -0.25) is 4.79 Å². The van der Waals surface area contributed by atoms with Gasteiger partial charge in [0.2, 0.25) is 5.91 Å². The number of hydrogen-bond donors (Lipinski definition) is 0. The summed E-state index contributed by atoms with van der Waals surface area (Å²) in [6, 6.07) is 8.99. The van der Waals surface area contributed by atoms with Crippen LogP contribution in [0.25, 0.3) is 11.7 Å². The fourth-order valence-corrected chi connectivity index (χ4v) is 3.80. The Morgan fingerprint density at radius 2 is 2.03 bits per heavy atom. The summed E-state index contributed by atoms with van der Waals surface area (Å²) in [4.78, 5) is 26.8. The first-order chi connectivity index (χ1) is 14.2. The van der Waals surface area contributed by atoms with Gasteiger partial charge in [-0.05, 0) is 42.7 Å². The number of carbonyl (C=O) groups is 1. The third-order valence-electron chi connectivity index (χ3n) is 5.15. The van der Waals surface area contributed by atoms with E-state index in [4.69, 9.17) is 18.3 Å². The quantitative estimate of drug-likeness (QED) is 0.665. The van der Waals surface area contributed by atoms with E-state index in [1.54, 1.807) is 17.0 Å². The van der Waals surface area contributed by atoms with Crippen LogP contribution in [0, 0.1) is 0 Å². The van der Waals surface area contributed by atoms with E-state index in [0.717, 1.165) is 28.8 Å². The van der Waals surface area contributed by atoms with Crippen molar-refractivity contribution >= 4 is 5.91 Å². The monoisotopic (exact) mass is 397 g/mol. The fourth-order valence-electron chi connectivity index (χ4n) is 3.80. The number of carbonyl (C=O) groups excluding carboxylic acids is 1. The van der Waals surface area contributed by atoms with Crippen molar-refractivity contribution in [2.45, 2.75) is 25.4 Å². The maximum Gasteiger partial charge on any atom is 0.437 e. The minimum atomic E-state index is -0.695. The van der Waals surface area contributed by atoms with Crippen molar-refractivity contribution in [2.24, 2.45) is 0 Å². The molecule has 1 atom stereocenters. The van der Waals surface area contributed by atoms with Crippen LogP contribution in [-0.2, 0) is 11.3 Å². The molecule has 2 aliphatic heterocycles. The van der Waals surface area contributed by atoms with Crippen molar-refractivity contribution in [1.29, 1.82) is 0 Å². The molecule has 1 unspecified atom stereocenters. The first-order valence-corrected chi connectivity index (χ1v) is 9.50. The second kappa shape index (κ2) is 7.16. The van der Waals surface area contributed by atoms with Gasteiger partial charge in [-0.1, -0.05) is 6.07 Å². The van der Waals surface area contributed by atoms with Gasteiger partial charge in [-0.15, -0.1) is 5.10 Å². The van der Waals surface area contributed by atoms with Gasteiger partial charge >= 0.3 is 5.76 Å². The number of nitrogens with zero attached hydrogens (tertiary/aromatic N) is 3. The molecule has 0 aliphatic carbocycles. The Balaban J connectivity index is 1.35. The second-order valence-corrected chi connectivity index (χ2v) is 6.96. The third-order valence-corrected chi connectivity index (χ3v) is 5.15. The Hall–Kier alpha value is -3.49. The van der Waals surface area contributed by atoms with Crippen molar-refractivity contribution in [2.75, 3.05) is 19.8 Å². The zero-order valence-electron chi connectivity index (χ0n) is 15.6. The minimum absolute atomic E-state index is 0.0533. The second-order valence-electron chi connectivity index (χ2n) is 6.96. The van der Waals surface area contributed by atoms with Crippen LogP contribution in [-0.4, -0.2) is 40.3 Å². The van der Waals surface area contributed by atoms with Crippen LogP contribution in [0.4, 0.5) is 0 Å². The Kier molecular flexibility index (Phi) is 4.34. The average Bonchev–Trinajstić information content (AvgIpc) is 3.49. The molecular formula is C20H19N3O6. The molecule has 9 nitrogen and oxygen atoms in total. The van der Waals surface area contributed by atoms with Crippen LogP contribution in [0.2, 0.25) is 0 Å². The number of likely N-dealkylation sites (tertiary alicyclic amines) is 1. The average molecular weight is 397 g/mol. The summed E-state index contributed by atoms with van der Waals surface area (Å²) < 4.78 is 22.5. The number of ether oxygens (including phenoxy) is 2. The molecule has 2 aromatic heterocycles. The van der Waals surface area contributed by atoms with Gasteiger partial charge < -0.3 is 23.2 Å². The molecule has 0 radical (unpaired) electrons. The highest BCUT2D eigenvalue weighted by Gasteiger charge is 2.31. The van der Waals surface area contributed by atoms with Crippen molar-refractivity contribution in [1.82, 2.24) is 14.7 Å². The number of benzene rings is 1. The highest BCUT2D eigenvalue weighted by molar-refractivity contribution is 5.77. The van der Waals surface area contributed by atoms with Gasteiger partial charge in [-0.25, -0.2) is 4.79 Å². The third kappa shape index (κ3) is 3.28. The molecule has 1 aromatic carbocycles. The number of rotatable bonds is 4.